The number of nitrogens with zero attached hydrogens (tertiary/aromatic N) is 3. The maximum atomic E-state index is 13.7. The summed E-state index contributed by atoms with van der Waals surface area (Å²) in [6.07, 6.45) is 0.106. The first-order valence-corrected chi connectivity index (χ1v) is 7.77. The number of amides is 1. The molecule has 0 fully saturated rings. The number of hydrogen-bond acceptors (Lipinski definition) is 5. The molecule has 1 aromatic heterocycles. The van der Waals surface area contributed by atoms with Crippen LogP contribution in [0, 0.1) is 5.82 Å². The lowest BCUT2D eigenvalue weighted by Gasteiger charge is -2.14. The number of aromatic nitrogens is 2. The van der Waals surface area contributed by atoms with Crippen LogP contribution in [0.4, 0.5) is 4.39 Å². The van der Waals surface area contributed by atoms with Crippen molar-refractivity contribution in [1.29, 1.82) is 0 Å². The number of halogens is 2. The van der Waals surface area contributed by atoms with Gasteiger partial charge in [-0.05, 0) is 19.1 Å². The standard InChI is InChI=1S/C14H15ClFN3O2S/c1-8(13(20)19(2)3)22-14-18-17-12(21-14)7-9-10(15)5-4-6-11(9)16/h4-6,8H,7H2,1-3H3/t8-/m1/s1. The molecule has 0 bridgehead atoms. The minimum absolute atomic E-state index is 0.0538. The van der Waals surface area contributed by atoms with Crippen LogP contribution in [0.15, 0.2) is 27.8 Å². The zero-order chi connectivity index (χ0) is 16.3. The molecule has 0 spiro atoms. The van der Waals surface area contributed by atoms with Crippen LogP contribution in [-0.4, -0.2) is 40.3 Å². The molecule has 0 aliphatic heterocycles. The second kappa shape index (κ2) is 7.11. The highest BCUT2D eigenvalue weighted by Gasteiger charge is 2.20. The van der Waals surface area contributed by atoms with Crippen LogP contribution in [0.3, 0.4) is 0 Å². The normalized spacial score (nSPS) is 12.2. The molecule has 2 aromatic rings. The van der Waals surface area contributed by atoms with E-state index in [0.717, 1.165) is 11.8 Å². The fourth-order valence-corrected chi connectivity index (χ4v) is 2.85. The average Bonchev–Trinajstić information content (AvgIpc) is 2.89. The van der Waals surface area contributed by atoms with Crippen molar-refractivity contribution >= 4 is 29.3 Å². The molecule has 0 unspecified atom stereocenters. The van der Waals surface area contributed by atoms with E-state index in [1.165, 1.54) is 17.0 Å². The van der Waals surface area contributed by atoms with Gasteiger partial charge < -0.3 is 9.32 Å². The van der Waals surface area contributed by atoms with Gasteiger partial charge in [0, 0.05) is 24.7 Å². The molecule has 8 heteroatoms. The van der Waals surface area contributed by atoms with E-state index in [0.29, 0.717) is 10.6 Å². The van der Waals surface area contributed by atoms with Gasteiger partial charge in [0.25, 0.3) is 5.22 Å². The van der Waals surface area contributed by atoms with Gasteiger partial charge in [-0.1, -0.05) is 29.4 Å². The smallest absolute Gasteiger partial charge is 0.277 e. The molecule has 22 heavy (non-hydrogen) atoms. The van der Waals surface area contributed by atoms with Crippen molar-refractivity contribution < 1.29 is 13.6 Å². The first kappa shape index (κ1) is 16.8. The van der Waals surface area contributed by atoms with Crippen molar-refractivity contribution in [1.82, 2.24) is 15.1 Å². The molecule has 1 amide bonds. The lowest BCUT2D eigenvalue weighted by molar-refractivity contribution is -0.127. The van der Waals surface area contributed by atoms with Crippen LogP contribution in [0.25, 0.3) is 0 Å². The fraction of sp³-hybridized carbons (Fsp3) is 0.357. The zero-order valence-corrected chi connectivity index (χ0v) is 13.9. The first-order chi connectivity index (χ1) is 10.4. The number of carbonyl (C=O) groups is 1. The summed E-state index contributed by atoms with van der Waals surface area (Å²) in [4.78, 5) is 13.3. The topological polar surface area (TPSA) is 59.2 Å². The van der Waals surface area contributed by atoms with Gasteiger partial charge in [0.05, 0.1) is 11.7 Å². The third kappa shape index (κ3) is 3.98. The van der Waals surface area contributed by atoms with Gasteiger partial charge in [-0.25, -0.2) is 4.39 Å². The first-order valence-electron chi connectivity index (χ1n) is 6.51. The monoisotopic (exact) mass is 343 g/mol. The number of thioether (sulfide) groups is 1. The molecule has 0 saturated heterocycles. The predicted octanol–water partition coefficient (Wildman–Crippen LogP) is 3.02. The van der Waals surface area contributed by atoms with Gasteiger partial charge in [-0.3, -0.25) is 4.79 Å². The Morgan fingerprint density at radius 3 is 2.82 bits per heavy atom. The maximum Gasteiger partial charge on any atom is 0.277 e. The van der Waals surface area contributed by atoms with Crippen LogP contribution >= 0.6 is 23.4 Å². The minimum Gasteiger partial charge on any atom is -0.416 e. The lowest BCUT2D eigenvalue weighted by atomic mass is 10.1. The second-order valence-electron chi connectivity index (χ2n) is 4.83. The number of hydrogen-bond donors (Lipinski definition) is 0. The Morgan fingerprint density at radius 2 is 2.18 bits per heavy atom. The van der Waals surface area contributed by atoms with Crippen molar-refractivity contribution in [3.8, 4) is 0 Å². The summed E-state index contributed by atoms with van der Waals surface area (Å²) in [5, 5.41) is 7.96. The zero-order valence-electron chi connectivity index (χ0n) is 12.3. The molecule has 1 aromatic carbocycles. The highest BCUT2D eigenvalue weighted by Crippen LogP contribution is 2.26. The van der Waals surface area contributed by atoms with Crippen molar-refractivity contribution in [2.75, 3.05) is 14.1 Å². The van der Waals surface area contributed by atoms with Crippen LogP contribution < -0.4 is 0 Å². The molecule has 1 atom stereocenters. The minimum atomic E-state index is -0.420. The summed E-state index contributed by atoms with van der Waals surface area (Å²) in [6.45, 7) is 1.75. The van der Waals surface area contributed by atoms with Crippen LogP contribution in [0.2, 0.25) is 5.02 Å². The summed E-state index contributed by atoms with van der Waals surface area (Å²) in [5.41, 5.74) is 0.307. The van der Waals surface area contributed by atoms with E-state index in [9.17, 15) is 9.18 Å². The molecular weight excluding hydrogens is 329 g/mol. The Morgan fingerprint density at radius 1 is 1.45 bits per heavy atom. The van der Waals surface area contributed by atoms with Gasteiger partial charge in [0.1, 0.15) is 5.82 Å². The van der Waals surface area contributed by atoms with Crippen molar-refractivity contribution in [2.24, 2.45) is 0 Å². The van der Waals surface area contributed by atoms with Gasteiger partial charge in [0.2, 0.25) is 11.8 Å². The van der Waals surface area contributed by atoms with Gasteiger partial charge in [0.15, 0.2) is 0 Å². The van der Waals surface area contributed by atoms with E-state index in [-0.39, 0.29) is 28.7 Å². The number of benzene rings is 1. The Kier molecular flexibility index (Phi) is 5.42. The maximum absolute atomic E-state index is 13.7. The van der Waals surface area contributed by atoms with Gasteiger partial charge in [-0.2, -0.15) is 0 Å². The van der Waals surface area contributed by atoms with E-state index in [1.54, 1.807) is 27.1 Å². The highest BCUT2D eigenvalue weighted by molar-refractivity contribution is 8.00. The number of carbonyl (C=O) groups excluding carboxylic acids is 1. The third-order valence-electron chi connectivity index (χ3n) is 2.90. The van der Waals surface area contributed by atoms with E-state index in [1.807, 2.05) is 0 Å². The molecular formula is C14H15ClFN3O2S. The largest absolute Gasteiger partial charge is 0.416 e. The van der Waals surface area contributed by atoms with Crippen LogP contribution in [0.5, 0.6) is 0 Å². The number of rotatable bonds is 5. The molecule has 2 rings (SSSR count). The van der Waals surface area contributed by atoms with Crippen molar-refractivity contribution in [3.63, 3.8) is 0 Å². The molecule has 118 valence electrons. The molecule has 0 radical (unpaired) electrons. The van der Waals surface area contributed by atoms with Gasteiger partial charge in [-0.15, -0.1) is 10.2 Å². The molecule has 0 aliphatic carbocycles. The highest BCUT2D eigenvalue weighted by atomic mass is 35.5. The van der Waals surface area contributed by atoms with E-state index >= 15 is 0 Å². The van der Waals surface area contributed by atoms with E-state index in [4.69, 9.17) is 16.0 Å². The average molecular weight is 344 g/mol. The SMILES string of the molecule is C[C@@H](Sc1nnc(Cc2c(F)cccc2Cl)o1)C(=O)N(C)C. The van der Waals surface area contributed by atoms with E-state index in [2.05, 4.69) is 10.2 Å². The quantitative estimate of drug-likeness (QED) is 0.781. The van der Waals surface area contributed by atoms with Crippen molar-refractivity contribution in [3.05, 3.63) is 40.5 Å². The Bertz CT molecular complexity index is 658. The molecule has 5 nitrogen and oxygen atoms in total. The Labute approximate surface area is 136 Å². The summed E-state index contributed by atoms with van der Waals surface area (Å²) < 4.78 is 19.2. The van der Waals surface area contributed by atoms with E-state index < -0.39 is 5.82 Å². The second-order valence-corrected chi connectivity index (χ2v) is 6.53. The predicted molar refractivity (Wildman–Crippen MR) is 82.5 cm³/mol. The third-order valence-corrected chi connectivity index (χ3v) is 4.18. The van der Waals surface area contributed by atoms with Crippen LogP contribution in [-0.2, 0) is 11.2 Å². The molecule has 0 aliphatic rings. The van der Waals surface area contributed by atoms with Crippen molar-refractivity contribution in [2.45, 2.75) is 23.8 Å². The van der Waals surface area contributed by atoms with Gasteiger partial charge >= 0.3 is 0 Å². The Hall–Kier alpha value is -1.60. The molecule has 1 heterocycles. The fourth-order valence-electron chi connectivity index (χ4n) is 1.77. The van der Waals surface area contributed by atoms with Crippen LogP contribution in [0.1, 0.15) is 18.4 Å². The Balaban J connectivity index is 2.07. The lowest BCUT2D eigenvalue weighted by Crippen LogP contribution is -2.29. The summed E-state index contributed by atoms with van der Waals surface area (Å²) >= 11 is 7.12. The summed E-state index contributed by atoms with van der Waals surface area (Å²) in [5.74, 6) is -0.225. The summed E-state index contributed by atoms with van der Waals surface area (Å²) in [6, 6.07) is 4.46. The summed E-state index contributed by atoms with van der Waals surface area (Å²) in [7, 11) is 3.36. The molecule has 0 saturated carbocycles. The molecule has 0 N–H and O–H groups in total.